The molecule has 0 N–H and O–H groups in total. The normalized spacial score (nSPS) is 11.5. The van der Waals surface area contributed by atoms with Gasteiger partial charge in [0.25, 0.3) is 0 Å². The second-order valence-corrected chi connectivity index (χ2v) is 7.37. The zero-order valence-corrected chi connectivity index (χ0v) is 15.4. The molecule has 1 aromatic heterocycles. The second kappa shape index (κ2) is 7.07. The smallest absolute Gasteiger partial charge is 0.339 e. The Morgan fingerprint density at radius 2 is 1.80 bits per heavy atom. The Bertz CT molecular complexity index is 1020. The number of benzene rings is 2. The van der Waals surface area contributed by atoms with Crippen LogP contribution in [0.2, 0.25) is 10.0 Å². The average molecular weight is 398 g/mol. The zero-order chi connectivity index (χ0) is 18.0. The minimum Gasteiger partial charge on any atom is -0.494 e. The average Bonchev–Trinajstić information content (AvgIpc) is 2.59. The molecule has 5 nitrogen and oxygen atoms in total. The molecular weight excluding hydrogens is 385 g/mol. The van der Waals surface area contributed by atoms with Crippen LogP contribution in [0.15, 0.2) is 53.6 Å². The van der Waals surface area contributed by atoms with E-state index in [2.05, 4.69) is 4.98 Å². The molecule has 0 spiro atoms. The van der Waals surface area contributed by atoms with Gasteiger partial charge in [0.2, 0.25) is 0 Å². The molecule has 130 valence electrons. The molecule has 0 atom stereocenters. The van der Waals surface area contributed by atoms with Crippen molar-refractivity contribution in [2.45, 2.75) is 11.8 Å². The molecule has 0 saturated heterocycles. The highest BCUT2D eigenvalue weighted by atomic mass is 35.5. The van der Waals surface area contributed by atoms with Crippen molar-refractivity contribution in [2.24, 2.45) is 0 Å². The third-order valence-corrected chi connectivity index (χ3v) is 5.20. The fraction of sp³-hybridized carbons (Fsp3) is 0.118. The summed E-state index contributed by atoms with van der Waals surface area (Å²) in [6, 6.07) is 10.7. The van der Waals surface area contributed by atoms with E-state index in [0.29, 0.717) is 22.8 Å². The number of fused-ring (bicyclic) bond motifs is 1. The van der Waals surface area contributed by atoms with E-state index in [9.17, 15) is 8.42 Å². The first kappa shape index (κ1) is 17.8. The molecule has 25 heavy (non-hydrogen) atoms. The van der Waals surface area contributed by atoms with Crippen molar-refractivity contribution in [1.29, 1.82) is 0 Å². The Kier molecular flexibility index (Phi) is 5.03. The van der Waals surface area contributed by atoms with Gasteiger partial charge >= 0.3 is 10.1 Å². The summed E-state index contributed by atoms with van der Waals surface area (Å²) in [6.07, 6.45) is 1.51. The summed E-state index contributed by atoms with van der Waals surface area (Å²) in [5.74, 6) is 0.508. The number of rotatable bonds is 5. The minimum atomic E-state index is -4.09. The lowest BCUT2D eigenvalue weighted by molar-refractivity contribution is 0.340. The fourth-order valence-corrected chi connectivity index (χ4v) is 3.81. The molecule has 3 aromatic rings. The van der Waals surface area contributed by atoms with Crippen LogP contribution >= 0.6 is 23.2 Å². The maximum Gasteiger partial charge on any atom is 0.339 e. The summed E-state index contributed by atoms with van der Waals surface area (Å²) >= 11 is 12.3. The van der Waals surface area contributed by atoms with Crippen LogP contribution in [0, 0.1) is 0 Å². The number of ether oxygens (including phenoxy) is 1. The summed E-state index contributed by atoms with van der Waals surface area (Å²) in [7, 11) is -4.09. The number of halogens is 2. The van der Waals surface area contributed by atoms with E-state index in [1.54, 1.807) is 24.3 Å². The van der Waals surface area contributed by atoms with Gasteiger partial charge in [-0.15, -0.1) is 0 Å². The van der Waals surface area contributed by atoms with Crippen LogP contribution in [0.5, 0.6) is 11.5 Å². The van der Waals surface area contributed by atoms with Crippen LogP contribution in [0.4, 0.5) is 0 Å². The molecule has 0 unspecified atom stereocenters. The van der Waals surface area contributed by atoms with E-state index in [4.69, 9.17) is 32.1 Å². The van der Waals surface area contributed by atoms with Crippen molar-refractivity contribution in [1.82, 2.24) is 4.98 Å². The van der Waals surface area contributed by atoms with E-state index < -0.39 is 10.1 Å². The third kappa shape index (κ3) is 3.66. The molecule has 0 aliphatic carbocycles. The predicted octanol–water partition coefficient (Wildman–Crippen LogP) is 4.71. The molecule has 2 aromatic carbocycles. The largest absolute Gasteiger partial charge is 0.494 e. The third-order valence-electron chi connectivity index (χ3n) is 3.37. The van der Waals surface area contributed by atoms with Crippen molar-refractivity contribution in [3.8, 4) is 11.5 Å². The molecule has 0 aliphatic heterocycles. The molecule has 1 heterocycles. The first-order valence-electron chi connectivity index (χ1n) is 7.32. The molecule has 0 saturated carbocycles. The van der Waals surface area contributed by atoms with Crippen molar-refractivity contribution in [2.75, 3.05) is 6.61 Å². The summed E-state index contributed by atoms with van der Waals surface area (Å²) in [5.41, 5.74) is 0.273. The van der Waals surface area contributed by atoms with Crippen molar-refractivity contribution >= 4 is 44.2 Å². The van der Waals surface area contributed by atoms with Gasteiger partial charge in [-0.1, -0.05) is 23.2 Å². The standard InChI is InChI=1S/C17H13Cl2NO4S/c1-2-23-11-5-7-12(8-6-11)25(21,22)24-17-15(19)10-14(18)13-4-3-9-20-16(13)17/h3-10H,2H2,1H3. The van der Waals surface area contributed by atoms with Crippen LogP contribution in [0.1, 0.15) is 6.92 Å². The molecule has 0 fully saturated rings. The van der Waals surface area contributed by atoms with E-state index in [0.717, 1.165) is 0 Å². The Hall–Kier alpha value is -2.02. The van der Waals surface area contributed by atoms with Crippen LogP contribution in [-0.4, -0.2) is 20.0 Å². The van der Waals surface area contributed by atoms with Crippen molar-refractivity contribution in [3.05, 3.63) is 58.7 Å². The molecular formula is C17H13Cl2NO4S. The monoisotopic (exact) mass is 397 g/mol. The van der Waals surface area contributed by atoms with Crippen LogP contribution < -0.4 is 8.92 Å². The fourth-order valence-electron chi connectivity index (χ4n) is 2.25. The van der Waals surface area contributed by atoms with Gasteiger partial charge in [0.15, 0.2) is 5.75 Å². The summed E-state index contributed by atoms with van der Waals surface area (Å²) in [5, 5.41) is 0.968. The van der Waals surface area contributed by atoms with E-state index in [-0.39, 0.29) is 21.2 Å². The maximum absolute atomic E-state index is 12.6. The van der Waals surface area contributed by atoms with E-state index >= 15 is 0 Å². The number of aromatic nitrogens is 1. The zero-order valence-electron chi connectivity index (χ0n) is 13.1. The first-order valence-corrected chi connectivity index (χ1v) is 9.49. The van der Waals surface area contributed by atoms with Gasteiger partial charge in [-0.3, -0.25) is 4.98 Å². The molecule has 0 radical (unpaired) electrons. The minimum absolute atomic E-state index is 0.0222. The molecule has 0 bridgehead atoms. The van der Waals surface area contributed by atoms with Crippen LogP contribution in [0.25, 0.3) is 10.9 Å². The second-order valence-electron chi connectivity index (χ2n) is 5.01. The number of pyridine rings is 1. The van der Waals surface area contributed by atoms with E-state index in [1.165, 1.54) is 24.4 Å². The SMILES string of the molecule is CCOc1ccc(S(=O)(=O)Oc2c(Cl)cc(Cl)c3cccnc23)cc1. The Labute approximate surface area is 155 Å². The van der Waals surface area contributed by atoms with Gasteiger partial charge in [-0.25, -0.2) is 0 Å². The first-order chi connectivity index (χ1) is 11.9. The quantitative estimate of drug-likeness (QED) is 0.583. The molecule has 0 aliphatic rings. The van der Waals surface area contributed by atoms with Gasteiger partial charge in [-0.05, 0) is 49.4 Å². The van der Waals surface area contributed by atoms with Gasteiger partial charge in [0.05, 0.1) is 16.7 Å². The highest BCUT2D eigenvalue weighted by Gasteiger charge is 2.22. The van der Waals surface area contributed by atoms with Gasteiger partial charge in [-0.2, -0.15) is 8.42 Å². The Morgan fingerprint density at radius 3 is 2.48 bits per heavy atom. The van der Waals surface area contributed by atoms with Gasteiger partial charge in [0.1, 0.15) is 16.2 Å². The molecule has 8 heteroatoms. The highest BCUT2D eigenvalue weighted by Crippen LogP contribution is 2.38. The van der Waals surface area contributed by atoms with Crippen molar-refractivity contribution < 1.29 is 17.3 Å². The van der Waals surface area contributed by atoms with Gasteiger partial charge in [0, 0.05) is 11.6 Å². The van der Waals surface area contributed by atoms with Gasteiger partial charge < -0.3 is 8.92 Å². The Balaban J connectivity index is 2.03. The molecule has 3 rings (SSSR count). The highest BCUT2D eigenvalue weighted by molar-refractivity contribution is 7.87. The Morgan fingerprint density at radius 1 is 1.08 bits per heavy atom. The molecule has 0 amide bonds. The number of nitrogens with zero attached hydrogens (tertiary/aromatic N) is 1. The predicted molar refractivity (Wildman–Crippen MR) is 97.2 cm³/mol. The number of hydrogen-bond donors (Lipinski definition) is 0. The summed E-state index contributed by atoms with van der Waals surface area (Å²) in [6.45, 7) is 2.33. The lowest BCUT2D eigenvalue weighted by Gasteiger charge is -2.12. The van der Waals surface area contributed by atoms with Crippen molar-refractivity contribution in [3.63, 3.8) is 0 Å². The number of hydrogen-bond acceptors (Lipinski definition) is 5. The lowest BCUT2D eigenvalue weighted by Crippen LogP contribution is -2.10. The summed E-state index contributed by atoms with van der Waals surface area (Å²) in [4.78, 5) is 4.12. The van der Waals surface area contributed by atoms with Crippen LogP contribution in [-0.2, 0) is 10.1 Å². The maximum atomic E-state index is 12.6. The van der Waals surface area contributed by atoms with E-state index in [1.807, 2.05) is 6.92 Å². The summed E-state index contributed by atoms with van der Waals surface area (Å²) < 4.78 is 35.7. The van der Waals surface area contributed by atoms with Crippen LogP contribution in [0.3, 0.4) is 0 Å². The lowest BCUT2D eigenvalue weighted by atomic mass is 10.2. The topological polar surface area (TPSA) is 65.5 Å².